The molecule has 2 rings (SSSR count). The molecule has 4 heteroatoms. The van der Waals surface area contributed by atoms with E-state index in [9.17, 15) is 4.79 Å². The van der Waals surface area contributed by atoms with Crippen LogP contribution < -0.4 is 11.1 Å². The van der Waals surface area contributed by atoms with Crippen molar-refractivity contribution < 1.29 is 4.79 Å². The molecule has 1 saturated carbocycles. The molecule has 1 fully saturated rings. The number of nitrogens with one attached hydrogen (secondary N) is 1. The zero-order valence-electron chi connectivity index (χ0n) is 11.6. The normalized spacial score (nSPS) is 18.0. The molecule has 1 aromatic heterocycles. The lowest BCUT2D eigenvalue weighted by molar-refractivity contribution is -0.118. The predicted octanol–water partition coefficient (Wildman–Crippen LogP) is 2.63. The van der Waals surface area contributed by atoms with E-state index in [-0.39, 0.29) is 11.3 Å². The van der Waals surface area contributed by atoms with Crippen LogP contribution in [0.3, 0.4) is 0 Å². The number of anilines is 1. The number of amides is 1. The minimum atomic E-state index is 0.0135. The summed E-state index contributed by atoms with van der Waals surface area (Å²) in [7, 11) is 0. The van der Waals surface area contributed by atoms with E-state index in [0.717, 1.165) is 24.1 Å². The molecule has 0 aliphatic heterocycles. The molecule has 1 aromatic rings. The van der Waals surface area contributed by atoms with Crippen LogP contribution >= 0.6 is 0 Å². The third-order valence-corrected chi connectivity index (χ3v) is 4.04. The van der Waals surface area contributed by atoms with Crippen molar-refractivity contribution in [2.75, 3.05) is 11.9 Å². The molecule has 0 saturated heterocycles. The summed E-state index contributed by atoms with van der Waals surface area (Å²) >= 11 is 0. The molecule has 1 amide bonds. The van der Waals surface area contributed by atoms with Gasteiger partial charge in [-0.3, -0.25) is 9.78 Å². The van der Waals surface area contributed by atoms with Gasteiger partial charge in [0.15, 0.2) is 0 Å². The Bertz CT molecular complexity index is 439. The highest BCUT2D eigenvalue weighted by molar-refractivity contribution is 5.91. The molecule has 0 bridgehead atoms. The summed E-state index contributed by atoms with van der Waals surface area (Å²) in [5, 5.41) is 2.93. The van der Waals surface area contributed by atoms with Crippen LogP contribution in [-0.4, -0.2) is 17.4 Å². The van der Waals surface area contributed by atoms with Gasteiger partial charge >= 0.3 is 0 Å². The first-order valence-electron chi connectivity index (χ1n) is 7.05. The summed E-state index contributed by atoms with van der Waals surface area (Å²) in [6.07, 6.45) is 9.78. The van der Waals surface area contributed by atoms with Crippen LogP contribution in [0.2, 0.25) is 0 Å². The Hall–Kier alpha value is -1.42. The number of hydrogen-bond acceptors (Lipinski definition) is 3. The van der Waals surface area contributed by atoms with Crippen molar-refractivity contribution in [1.29, 1.82) is 0 Å². The third-order valence-electron chi connectivity index (χ3n) is 4.04. The van der Waals surface area contributed by atoms with Crippen molar-refractivity contribution in [3.05, 3.63) is 24.0 Å². The zero-order chi connectivity index (χ0) is 13.7. The molecule has 0 aromatic carbocycles. The average molecular weight is 261 g/mol. The fourth-order valence-corrected chi connectivity index (χ4v) is 2.92. The van der Waals surface area contributed by atoms with Gasteiger partial charge in [-0.25, -0.2) is 0 Å². The highest BCUT2D eigenvalue weighted by Gasteiger charge is 2.32. The molecule has 1 heterocycles. The van der Waals surface area contributed by atoms with Gasteiger partial charge in [-0.15, -0.1) is 0 Å². The van der Waals surface area contributed by atoms with Crippen molar-refractivity contribution in [2.24, 2.45) is 11.1 Å². The number of nitrogens with two attached hydrogens (primary N) is 1. The highest BCUT2D eigenvalue weighted by atomic mass is 16.1. The maximum Gasteiger partial charge on any atom is 0.225 e. The van der Waals surface area contributed by atoms with E-state index < -0.39 is 0 Å². The van der Waals surface area contributed by atoms with E-state index in [4.69, 9.17) is 5.73 Å². The Morgan fingerprint density at radius 1 is 1.37 bits per heavy atom. The third kappa shape index (κ3) is 3.77. The zero-order valence-corrected chi connectivity index (χ0v) is 11.6. The molecule has 0 unspecified atom stereocenters. The van der Waals surface area contributed by atoms with Gasteiger partial charge < -0.3 is 11.1 Å². The van der Waals surface area contributed by atoms with Crippen molar-refractivity contribution in [1.82, 2.24) is 4.98 Å². The largest absolute Gasteiger partial charge is 0.330 e. The number of pyridine rings is 1. The van der Waals surface area contributed by atoms with E-state index in [1.165, 1.54) is 19.3 Å². The number of carbonyl (C=O) groups excluding carboxylic acids is 1. The van der Waals surface area contributed by atoms with E-state index >= 15 is 0 Å². The molecular weight excluding hydrogens is 238 g/mol. The van der Waals surface area contributed by atoms with Gasteiger partial charge in [-0.2, -0.15) is 0 Å². The summed E-state index contributed by atoms with van der Waals surface area (Å²) in [5.41, 5.74) is 7.74. The maximum absolute atomic E-state index is 12.2. The molecule has 104 valence electrons. The molecule has 0 radical (unpaired) electrons. The summed E-state index contributed by atoms with van der Waals surface area (Å²) in [6, 6.07) is 1.93. The molecule has 0 atom stereocenters. The van der Waals surface area contributed by atoms with Crippen LogP contribution in [0.5, 0.6) is 0 Å². The van der Waals surface area contributed by atoms with Crippen molar-refractivity contribution in [2.45, 2.75) is 45.4 Å². The Morgan fingerprint density at radius 2 is 2.11 bits per heavy atom. The first kappa shape index (κ1) is 14.0. The molecule has 1 aliphatic carbocycles. The molecule has 0 spiro atoms. The standard InChI is InChI=1S/C15H23N3O/c1-12-7-13(10-17-9-12)18-14(19)8-15(11-16)5-3-2-4-6-15/h7,9-10H,2-6,8,11,16H2,1H3,(H,18,19). The summed E-state index contributed by atoms with van der Waals surface area (Å²) < 4.78 is 0. The topological polar surface area (TPSA) is 68.0 Å². The smallest absolute Gasteiger partial charge is 0.225 e. The highest BCUT2D eigenvalue weighted by Crippen LogP contribution is 2.38. The Morgan fingerprint density at radius 3 is 2.74 bits per heavy atom. The van der Waals surface area contributed by atoms with Gasteiger partial charge in [0.25, 0.3) is 0 Å². The van der Waals surface area contributed by atoms with Crippen LogP contribution in [0.1, 0.15) is 44.1 Å². The molecule has 4 nitrogen and oxygen atoms in total. The van der Waals surface area contributed by atoms with E-state index in [1.54, 1.807) is 12.4 Å². The lowest BCUT2D eigenvalue weighted by atomic mass is 9.71. The Labute approximate surface area is 114 Å². The number of carbonyl (C=O) groups is 1. The second-order valence-electron chi connectivity index (χ2n) is 5.74. The monoisotopic (exact) mass is 261 g/mol. The molecule has 19 heavy (non-hydrogen) atoms. The van der Waals surface area contributed by atoms with E-state index in [2.05, 4.69) is 10.3 Å². The summed E-state index contributed by atoms with van der Waals surface area (Å²) in [6.45, 7) is 2.57. The Kier molecular flexibility index (Phi) is 4.53. The fraction of sp³-hybridized carbons (Fsp3) is 0.600. The number of rotatable bonds is 4. The second kappa shape index (κ2) is 6.15. The van der Waals surface area contributed by atoms with Crippen LogP contribution in [0.25, 0.3) is 0 Å². The van der Waals surface area contributed by atoms with Crippen molar-refractivity contribution in [3.8, 4) is 0 Å². The van der Waals surface area contributed by atoms with Crippen molar-refractivity contribution in [3.63, 3.8) is 0 Å². The summed E-state index contributed by atoms with van der Waals surface area (Å²) in [5.74, 6) is 0.0553. The number of hydrogen-bond donors (Lipinski definition) is 2. The first-order chi connectivity index (χ1) is 9.13. The number of nitrogens with zero attached hydrogens (tertiary/aromatic N) is 1. The SMILES string of the molecule is Cc1cncc(NC(=O)CC2(CN)CCCCC2)c1. The summed E-state index contributed by atoms with van der Waals surface area (Å²) in [4.78, 5) is 16.2. The lowest BCUT2D eigenvalue weighted by Gasteiger charge is -2.35. The maximum atomic E-state index is 12.2. The van der Waals surface area contributed by atoms with Gasteiger partial charge in [-0.1, -0.05) is 19.3 Å². The van der Waals surface area contributed by atoms with Gasteiger partial charge in [0.1, 0.15) is 0 Å². The lowest BCUT2D eigenvalue weighted by Crippen LogP contribution is -2.36. The predicted molar refractivity (Wildman–Crippen MR) is 76.8 cm³/mol. The van der Waals surface area contributed by atoms with Crippen LogP contribution in [-0.2, 0) is 4.79 Å². The van der Waals surface area contributed by atoms with Crippen molar-refractivity contribution >= 4 is 11.6 Å². The number of aryl methyl sites for hydroxylation is 1. The minimum absolute atomic E-state index is 0.0135. The van der Waals surface area contributed by atoms with E-state index in [1.807, 2.05) is 13.0 Å². The van der Waals surface area contributed by atoms with Gasteiger partial charge in [-0.05, 0) is 43.4 Å². The van der Waals surface area contributed by atoms with Crippen LogP contribution in [0, 0.1) is 12.3 Å². The molecule has 1 aliphatic rings. The van der Waals surface area contributed by atoms with Crippen LogP contribution in [0.15, 0.2) is 18.5 Å². The van der Waals surface area contributed by atoms with Gasteiger partial charge in [0.2, 0.25) is 5.91 Å². The average Bonchev–Trinajstić information content (AvgIpc) is 2.39. The fourth-order valence-electron chi connectivity index (χ4n) is 2.92. The molecule has 3 N–H and O–H groups in total. The molecular formula is C15H23N3O. The van der Waals surface area contributed by atoms with E-state index in [0.29, 0.717) is 13.0 Å². The van der Waals surface area contributed by atoms with Gasteiger partial charge in [0, 0.05) is 12.6 Å². The minimum Gasteiger partial charge on any atom is -0.330 e. The van der Waals surface area contributed by atoms with Crippen LogP contribution in [0.4, 0.5) is 5.69 Å². The van der Waals surface area contributed by atoms with Gasteiger partial charge in [0.05, 0.1) is 11.9 Å². The second-order valence-corrected chi connectivity index (χ2v) is 5.74. The first-order valence-corrected chi connectivity index (χ1v) is 7.05. The quantitative estimate of drug-likeness (QED) is 0.875. The Balaban J connectivity index is 1.96. The number of aromatic nitrogens is 1.